The normalized spacial score (nSPS) is 11.8. The number of aliphatic imine (C=N–C) groups is 1. The van der Waals surface area contributed by atoms with E-state index in [9.17, 15) is 4.39 Å². The smallest absolute Gasteiger partial charge is 0.191 e. The molecule has 0 aliphatic heterocycles. The largest absolute Gasteiger partial charge is 0.359 e. The molecule has 124 valence electrons. The molecule has 2 N–H and O–H groups in total. The van der Waals surface area contributed by atoms with Gasteiger partial charge in [0.15, 0.2) is 11.7 Å². The average Bonchev–Trinajstić information content (AvgIpc) is 3.01. The topological polar surface area (TPSA) is 62.5 Å². The molecule has 0 aliphatic rings. The minimum absolute atomic E-state index is 0.242. The number of nitrogens with zero attached hydrogens (tertiary/aromatic N) is 2. The molecule has 2 aromatic rings. The van der Waals surface area contributed by atoms with Crippen LogP contribution in [0.1, 0.15) is 43.7 Å². The third-order valence-electron chi connectivity index (χ3n) is 3.28. The van der Waals surface area contributed by atoms with E-state index < -0.39 is 0 Å². The van der Waals surface area contributed by atoms with Crippen molar-refractivity contribution in [1.29, 1.82) is 0 Å². The molecule has 5 nitrogen and oxygen atoms in total. The van der Waals surface area contributed by atoms with Crippen molar-refractivity contribution >= 4 is 5.96 Å². The zero-order chi connectivity index (χ0) is 16.7. The molecule has 1 aromatic carbocycles. The van der Waals surface area contributed by atoms with Gasteiger partial charge in [0.25, 0.3) is 0 Å². The molecule has 0 atom stereocenters. The first-order chi connectivity index (χ1) is 11.1. The number of benzene rings is 1. The molecule has 0 unspecified atom stereocenters. The van der Waals surface area contributed by atoms with Crippen LogP contribution in [0.3, 0.4) is 0 Å². The van der Waals surface area contributed by atoms with Crippen molar-refractivity contribution in [1.82, 2.24) is 15.8 Å². The lowest BCUT2D eigenvalue weighted by molar-refractivity contribution is 0.372. The van der Waals surface area contributed by atoms with Crippen LogP contribution in [0.15, 0.2) is 39.8 Å². The Morgan fingerprint density at radius 2 is 2.00 bits per heavy atom. The van der Waals surface area contributed by atoms with E-state index in [0.29, 0.717) is 25.0 Å². The Labute approximate surface area is 136 Å². The Morgan fingerprint density at radius 1 is 1.26 bits per heavy atom. The minimum Gasteiger partial charge on any atom is -0.359 e. The van der Waals surface area contributed by atoms with Crippen molar-refractivity contribution < 1.29 is 8.91 Å². The predicted octanol–water partition coefficient (Wildman–Crippen LogP) is 3.19. The highest BCUT2D eigenvalue weighted by Crippen LogP contribution is 2.13. The van der Waals surface area contributed by atoms with Gasteiger partial charge in [-0.3, -0.25) is 0 Å². The zero-order valence-electron chi connectivity index (χ0n) is 13.8. The third kappa shape index (κ3) is 5.39. The van der Waals surface area contributed by atoms with Gasteiger partial charge in [0, 0.05) is 12.6 Å². The fourth-order valence-corrected chi connectivity index (χ4v) is 1.96. The molecule has 0 bridgehead atoms. The number of halogens is 1. The fourth-order valence-electron chi connectivity index (χ4n) is 1.96. The van der Waals surface area contributed by atoms with Crippen LogP contribution in [-0.4, -0.2) is 17.7 Å². The van der Waals surface area contributed by atoms with Gasteiger partial charge in [0.2, 0.25) is 0 Å². The van der Waals surface area contributed by atoms with Crippen LogP contribution in [0.5, 0.6) is 0 Å². The maximum atomic E-state index is 12.9. The Morgan fingerprint density at radius 3 is 2.61 bits per heavy atom. The maximum Gasteiger partial charge on any atom is 0.191 e. The van der Waals surface area contributed by atoms with Gasteiger partial charge in [0.1, 0.15) is 5.82 Å². The molecule has 0 saturated carbocycles. The number of hydrogen-bond acceptors (Lipinski definition) is 3. The highest BCUT2D eigenvalue weighted by atomic mass is 19.1. The molecule has 0 amide bonds. The maximum absolute atomic E-state index is 12.9. The lowest BCUT2D eigenvalue weighted by Crippen LogP contribution is -2.36. The molecule has 0 saturated heterocycles. The summed E-state index contributed by atoms with van der Waals surface area (Å²) in [5.41, 5.74) is 1.89. The van der Waals surface area contributed by atoms with Crippen LogP contribution in [0.4, 0.5) is 4.39 Å². The second-order valence-corrected chi connectivity index (χ2v) is 5.55. The van der Waals surface area contributed by atoms with Crippen LogP contribution in [0.25, 0.3) is 0 Å². The lowest BCUT2D eigenvalue weighted by atomic mass is 10.1. The van der Waals surface area contributed by atoms with E-state index in [2.05, 4.69) is 34.6 Å². The van der Waals surface area contributed by atoms with Crippen molar-refractivity contribution in [2.45, 2.75) is 39.8 Å². The van der Waals surface area contributed by atoms with Crippen LogP contribution in [0, 0.1) is 5.82 Å². The molecule has 6 heteroatoms. The van der Waals surface area contributed by atoms with E-state index in [1.165, 1.54) is 12.1 Å². The average molecular weight is 318 g/mol. The first-order valence-corrected chi connectivity index (χ1v) is 7.80. The first kappa shape index (κ1) is 17.0. The summed E-state index contributed by atoms with van der Waals surface area (Å²) in [6.07, 6.45) is 0. The molecular weight excluding hydrogens is 295 g/mol. The molecule has 1 heterocycles. The highest BCUT2D eigenvalue weighted by molar-refractivity contribution is 5.79. The first-order valence-electron chi connectivity index (χ1n) is 7.80. The van der Waals surface area contributed by atoms with E-state index >= 15 is 0 Å². The third-order valence-corrected chi connectivity index (χ3v) is 3.28. The summed E-state index contributed by atoms with van der Waals surface area (Å²) < 4.78 is 18.2. The summed E-state index contributed by atoms with van der Waals surface area (Å²) >= 11 is 0. The molecule has 0 aliphatic carbocycles. The zero-order valence-corrected chi connectivity index (χ0v) is 13.8. The Hall–Kier alpha value is -2.37. The molecule has 23 heavy (non-hydrogen) atoms. The van der Waals surface area contributed by atoms with Gasteiger partial charge in [-0.25, -0.2) is 9.38 Å². The van der Waals surface area contributed by atoms with E-state index in [4.69, 9.17) is 4.52 Å². The number of nitrogens with one attached hydrogen (secondary N) is 2. The molecular formula is C17H23FN4O. The number of guanidine groups is 1. The van der Waals surface area contributed by atoms with E-state index in [-0.39, 0.29) is 5.82 Å². The predicted molar refractivity (Wildman–Crippen MR) is 88.6 cm³/mol. The summed E-state index contributed by atoms with van der Waals surface area (Å²) in [5.74, 6) is 1.54. The number of aromatic nitrogens is 1. The Kier molecular flexibility index (Phi) is 6.14. The quantitative estimate of drug-likeness (QED) is 0.634. The number of rotatable bonds is 6. The minimum atomic E-state index is -0.242. The SMILES string of the molecule is CCNC(=NCc1ccc(F)cc1)NCc1cc(C(C)C)no1. The van der Waals surface area contributed by atoms with Gasteiger partial charge in [0.05, 0.1) is 18.8 Å². The summed E-state index contributed by atoms with van der Waals surface area (Å²) in [4.78, 5) is 4.48. The fraction of sp³-hybridized carbons (Fsp3) is 0.412. The van der Waals surface area contributed by atoms with Crippen molar-refractivity contribution in [2.75, 3.05) is 6.54 Å². The van der Waals surface area contributed by atoms with Gasteiger partial charge in [-0.15, -0.1) is 0 Å². The van der Waals surface area contributed by atoms with Crippen molar-refractivity contribution in [3.63, 3.8) is 0 Å². The van der Waals surface area contributed by atoms with E-state index in [1.54, 1.807) is 12.1 Å². The standard InChI is InChI=1S/C17H23FN4O/c1-4-19-17(20-10-13-5-7-14(18)8-6-13)21-11-15-9-16(12(2)3)22-23-15/h5-9,12H,4,10-11H2,1-3H3,(H2,19,20,21). The second-order valence-electron chi connectivity index (χ2n) is 5.55. The summed E-state index contributed by atoms with van der Waals surface area (Å²) in [6, 6.07) is 8.28. The van der Waals surface area contributed by atoms with Crippen LogP contribution < -0.4 is 10.6 Å². The molecule has 2 rings (SSSR count). The van der Waals surface area contributed by atoms with Gasteiger partial charge < -0.3 is 15.2 Å². The van der Waals surface area contributed by atoms with Crippen molar-refractivity contribution in [3.8, 4) is 0 Å². The second kappa shape index (κ2) is 8.31. The van der Waals surface area contributed by atoms with Gasteiger partial charge in [-0.1, -0.05) is 31.1 Å². The Bertz CT molecular complexity index is 634. The van der Waals surface area contributed by atoms with Crippen LogP contribution in [0.2, 0.25) is 0 Å². The summed E-state index contributed by atoms with van der Waals surface area (Å²) in [7, 11) is 0. The van der Waals surface area contributed by atoms with Gasteiger partial charge >= 0.3 is 0 Å². The lowest BCUT2D eigenvalue weighted by Gasteiger charge is -2.09. The number of hydrogen-bond donors (Lipinski definition) is 2. The molecule has 0 radical (unpaired) electrons. The molecule has 1 aromatic heterocycles. The monoisotopic (exact) mass is 318 g/mol. The summed E-state index contributed by atoms with van der Waals surface area (Å²) in [5, 5.41) is 10.4. The van der Waals surface area contributed by atoms with E-state index in [1.807, 2.05) is 13.0 Å². The van der Waals surface area contributed by atoms with Crippen molar-refractivity contribution in [3.05, 3.63) is 53.2 Å². The molecule has 0 spiro atoms. The van der Waals surface area contributed by atoms with Crippen LogP contribution >= 0.6 is 0 Å². The highest BCUT2D eigenvalue weighted by Gasteiger charge is 2.08. The van der Waals surface area contributed by atoms with Crippen LogP contribution in [-0.2, 0) is 13.1 Å². The molecule has 0 fully saturated rings. The van der Waals surface area contributed by atoms with Gasteiger partial charge in [-0.05, 0) is 30.5 Å². The van der Waals surface area contributed by atoms with Gasteiger partial charge in [-0.2, -0.15) is 0 Å². The van der Waals surface area contributed by atoms with Crippen molar-refractivity contribution in [2.24, 2.45) is 4.99 Å². The van der Waals surface area contributed by atoms with E-state index in [0.717, 1.165) is 23.6 Å². The Balaban J connectivity index is 1.94. The summed E-state index contributed by atoms with van der Waals surface area (Å²) in [6.45, 7) is 7.88.